The fraction of sp³-hybridized carbons (Fsp3) is 0.154. The van der Waals surface area contributed by atoms with E-state index in [1.165, 1.54) is 6.08 Å². The minimum atomic E-state index is -0.611. The number of benzene rings is 3. The van der Waals surface area contributed by atoms with Gasteiger partial charge in [0, 0.05) is 0 Å². The summed E-state index contributed by atoms with van der Waals surface area (Å²) in [6.07, 6.45) is 1.46. The molecule has 0 radical (unpaired) electrons. The molecule has 174 valence electrons. The molecular formula is C26H21BrCl2N2O3. The van der Waals surface area contributed by atoms with Gasteiger partial charge in [-0.15, -0.1) is 0 Å². The van der Waals surface area contributed by atoms with Crippen molar-refractivity contribution >= 4 is 56.8 Å². The maximum Gasteiger partial charge on any atom is 0.266 e. The smallest absolute Gasteiger partial charge is 0.266 e. The predicted molar refractivity (Wildman–Crippen MR) is 140 cm³/mol. The Morgan fingerprint density at radius 2 is 1.91 bits per heavy atom. The van der Waals surface area contributed by atoms with Crippen molar-refractivity contribution in [1.29, 1.82) is 5.26 Å². The normalized spacial score (nSPS) is 11.0. The Morgan fingerprint density at radius 1 is 1.15 bits per heavy atom. The van der Waals surface area contributed by atoms with Crippen molar-refractivity contribution in [3.8, 4) is 17.6 Å². The molecule has 8 heteroatoms. The van der Waals surface area contributed by atoms with Gasteiger partial charge in [-0.3, -0.25) is 4.79 Å². The molecule has 1 N–H and O–H groups in total. The molecule has 0 atom stereocenters. The van der Waals surface area contributed by atoms with Gasteiger partial charge < -0.3 is 14.8 Å². The maximum atomic E-state index is 12.7. The summed E-state index contributed by atoms with van der Waals surface area (Å²) in [5.41, 5.74) is 2.97. The molecule has 0 bridgehead atoms. The molecule has 0 aliphatic rings. The van der Waals surface area contributed by atoms with Crippen LogP contribution in [0.1, 0.15) is 23.6 Å². The second-order valence-electron chi connectivity index (χ2n) is 7.20. The molecule has 0 heterocycles. The number of nitriles is 1. The van der Waals surface area contributed by atoms with Gasteiger partial charge in [0.2, 0.25) is 0 Å². The van der Waals surface area contributed by atoms with Crippen molar-refractivity contribution in [2.45, 2.75) is 20.5 Å². The molecular weight excluding hydrogens is 539 g/mol. The van der Waals surface area contributed by atoms with E-state index in [-0.39, 0.29) is 10.6 Å². The maximum absolute atomic E-state index is 12.7. The summed E-state index contributed by atoms with van der Waals surface area (Å²) < 4.78 is 12.5. The van der Waals surface area contributed by atoms with Crippen molar-refractivity contribution in [2.24, 2.45) is 0 Å². The van der Waals surface area contributed by atoms with Crippen LogP contribution in [0.5, 0.6) is 11.5 Å². The fourth-order valence-electron chi connectivity index (χ4n) is 3.10. The number of amides is 1. The molecule has 0 saturated heterocycles. The Kier molecular flexibility index (Phi) is 9.00. The molecule has 3 aromatic rings. The summed E-state index contributed by atoms with van der Waals surface area (Å²) in [6, 6.07) is 18.2. The number of carbonyl (C=O) groups is 1. The summed E-state index contributed by atoms with van der Waals surface area (Å²) in [6.45, 7) is 4.67. The van der Waals surface area contributed by atoms with Gasteiger partial charge in [0.15, 0.2) is 11.5 Å². The van der Waals surface area contributed by atoms with E-state index in [9.17, 15) is 10.1 Å². The number of rotatable bonds is 8. The van der Waals surface area contributed by atoms with E-state index in [2.05, 4.69) is 21.2 Å². The Labute approximate surface area is 217 Å². The largest absolute Gasteiger partial charge is 0.490 e. The summed E-state index contributed by atoms with van der Waals surface area (Å²) in [4.78, 5) is 12.7. The van der Waals surface area contributed by atoms with Crippen molar-refractivity contribution in [3.05, 3.63) is 91.4 Å². The standard InChI is InChI=1S/C26H21BrCl2N2O3/c1-3-33-23-13-17(12-20(27)25(23)34-15-18-8-5-4-7-16(18)2)11-19(14-30)26(32)31-22-10-6-9-21(28)24(22)29/h4-13H,3,15H2,1-2H3,(H,31,32)/b19-11+. The monoisotopic (exact) mass is 558 g/mol. The Hall–Kier alpha value is -2.98. The number of nitrogens with zero attached hydrogens (tertiary/aromatic N) is 1. The van der Waals surface area contributed by atoms with Gasteiger partial charge >= 0.3 is 0 Å². The van der Waals surface area contributed by atoms with Crippen LogP contribution in [0.3, 0.4) is 0 Å². The molecule has 0 spiro atoms. The molecule has 3 aromatic carbocycles. The highest BCUT2D eigenvalue weighted by Gasteiger charge is 2.16. The van der Waals surface area contributed by atoms with Crippen molar-refractivity contribution in [3.63, 3.8) is 0 Å². The lowest BCUT2D eigenvalue weighted by molar-refractivity contribution is -0.112. The van der Waals surface area contributed by atoms with E-state index in [1.54, 1.807) is 30.3 Å². The van der Waals surface area contributed by atoms with Gasteiger partial charge in [-0.05, 0) is 76.8 Å². The number of carbonyl (C=O) groups excluding carboxylic acids is 1. The van der Waals surface area contributed by atoms with Crippen molar-refractivity contribution in [1.82, 2.24) is 0 Å². The number of hydrogen-bond donors (Lipinski definition) is 1. The van der Waals surface area contributed by atoms with E-state index >= 15 is 0 Å². The molecule has 0 saturated carbocycles. The zero-order valence-electron chi connectivity index (χ0n) is 18.5. The van der Waals surface area contributed by atoms with Crippen molar-refractivity contribution in [2.75, 3.05) is 11.9 Å². The third-order valence-electron chi connectivity index (χ3n) is 4.84. The van der Waals surface area contributed by atoms with Crippen molar-refractivity contribution < 1.29 is 14.3 Å². The minimum Gasteiger partial charge on any atom is -0.490 e. The molecule has 3 rings (SSSR count). The van der Waals surface area contributed by atoms with E-state index in [0.717, 1.165) is 11.1 Å². The van der Waals surface area contributed by atoms with Crippen LogP contribution >= 0.6 is 39.1 Å². The minimum absolute atomic E-state index is 0.112. The Balaban J connectivity index is 1.87. The van der Waals surface area contributed by atoms with Crippen LogP contribution in [0.15, 0.2) is 64.6 Å². The number of ether oxygens (including phenoxy) is 2. The molecule has 0 aromatic heterocycles. The number of nitrogens with one attached hydrogen (secondary N) is 1. The average Bonchev–Trinajstić information content (AvgIpc) is 2.81. The van der Waals surface area contributed by atoms with Crippen LogP contribution in [0.25, 0.3) is 6.08 Å². The van der Waals surface area contributed by atoms with Crippen LogP contribution in [-0.4, -0.2) is 12.5 Å². The molecule has 34 heavy (non-hydrogen) atoms. The summed E-state index contributed by atoms with van der Waals surface area (Å²) in [5.74, 6) is 0.420. The van der Waals surface area contributed by atoms with Gasteiger partial charge in [-0.1, -0.05) is 53.5 Å². The van der Waals surface area contributed by atoms with Crippen LogP contribution < -0.4 is 14.8 Å². The molecule has 1 amide bonds. The first-order valence-corrected chi connectivity index (χ1v) is 11.9. The van der Waals surface area contributed by atoms with Gasteiger partial charge in [0.1, 0.15) is 18.2 Å². The van der Waals surface area contributed by atoms with Crippen LogP contribution in [0, 0.1) is 18.3 Å². The quantitative estimate of drug-likeness (QED) is 0.228. The first kappa shape index (κ1) is 25.6. The van der Waals surface area contributed by atoms with Gasteiger partial charge in [-0.25, -0.2) is 0 Å². The lowest BCUT2D eigenvalue weighted by atomic mass is 10.1. The van der Waals surface area contributed by atoms with Crippen LogP contribution in [0.2, 0.25) is 10.0 Å². The second kappa shape index (κ2) is 11.9. The summed E-state index contributed by atoms with van der Waals surface area (Å²) in [5, 5.41) is 12.7. The molecule has 0 fully saturated rings. The fourth-order valence-corrected chi connectivity index (χ4v) is 4.02. The number of aryl methyl sites for hydroxylation is 1. The van der Waals surface area contributed by atoms with E-state index in [1.807, 2.05) is 44.2 Å². The summed E-state index contributed by atoms with van der Waals surface area (Å²) >= 11 is 15.7. The van der Waals surface area contributed by atoms with E-state index < -0.39 is 5.91 Å². The summed E-state index contributed by atoms with van der Waals surface area (Å²) in [7, 11) is 0. The van der Waals surface area contributed by atoms with Crippen LogP contribution in [0.4, 0.5) is 5.69 Å². The highest BCUT2D eigenvalue weighted by molar-refractivity contribution is 9.10. The van der Waals surface area contributed by atoms with Gasteiger partial charge in [0.25, 0.3) is 5.91 Å². The van der Waals surface area contributed by atoms with E-state index in [4.69, 9.17) is 32.7 Å². The first-order chi connectivity index (χ1) is 16.3. The van der Waals surface area contributed by atoms with Gasteiger partial charge in [0.05, 0.1) is 26.8 Å². The Morgan fingerprint density at radius 3 is 2.62 bits per heavy atom. The highest BCUT2D eigenvalue weighted by Crippen LogP contribution is 2.38. The number of anilines is 1. The molecule has 0 aliphatic heterocycles. The zero-order chi connectivity index (χ0) is 24.7. The lowest BCUT2D eigenvalue weighted by Crippen LogP contribution is -2.13. The SMILES string of the molecule is CCOc1cc(/C=C(\C#N)C(=O)Nc2cccc(Cl)c2Cl)cc(Br)c1OCc1ccccc1C. The number of hydrogen-bond acceptors (Lipinski definition) is 4. The number of halogens is 3. The molecule has 5 nitrogen and oxygen atoms in total. The lowest BCUT2D eigenvalue weighted by Gasteiger charge is -2.15. The van der Waals surface area contributed by atoms with Crippen LogP contribution in [-0.2, 0) is 11.4 Å². The average molecular weight is 560 g/mol. The molecule has 0 unspecified atom stereocenters. The Bertz CT molecular complexity index is 1290. The third-order valence-corrected chi connectivity index (χ3v) is 6.25. The first-order valence-electron chi connectivity index (χ1n) is 10.3. The zero-order valence-corrected chi connectivity index (χ0v) is 21.6. The third kappa shape index (κ3) is 6.32. The highest BCUT2D eigenvalue weighted by atomic mass is 79.9. The van der Waals surface area contributed by atoms with Gasteiger partial charge in [-0.2, -0.15) is 5.26 Å². The molecule has 0 aliphatic carbocycles. The second-order valence-corrected chi connectivity index (χ2v) is 8.84. The predicted octanol–water partition coefficient (Wildman–Crippen LogP) is 7.59. The van der Waals surface area contributed by atoms with E-state index in [0.29, 0.717) is 45.5 Å². The topological polar surface area (TPSA) is 71.3 Å².